The van der Waals surface area contributed by atoms with Gasteiger partial charge in [0.2, 0.25) is 47.3 Å². The van der Waals surface area contributed by atoms with E-state index in [0.29, 0.717) is 41.6 Å². The third-order valence-electron chi connectivity index (χ3n) is 15.4. The number of carbonyl (C=O) groups excluding carboxylic acids is 8. The third-order valence-corrected chi connectivity index (χ3v) is 19.5. The predicted octanol–water partition coefficient (Wildman–Crippen LogP) is 3.78. The summed E-state index contributed by atoms with van der Waals surface area (Å²) in [5, 5.41) is 22.8. The fourth-order valence-corrected chi connectivity index (χ4v) is 14.3. The number of benzene rings is 4. The highest BCUT2D eigenvalue weighted by Gasteiger charge is 2.37. The summed E-state index contributed by atoms with van der Waals surface area (Å²) in [6, 6.07) is 19.1. The Morgan fingerprint density at radius 3 is 2.13 bits per heavy atom. The van der Waals surface area contributed by atoms with Gasteiger partial charge in [0.1, 0.15) is 48.1 Å². The van der Waals surface area contributed by atoms with Crippen molar-refractivity contribution in [3.05, 3.63) is 150 Å². The lowest BCUT2D eigenvalue weighted by atomic mass is 9.94. The summed E-state index contributed by atoms with van der Waals surface area (Å²) in [5.74, 6) is -6.09. The Morgan fingerprint density at radius 2 is 1.40 bits per heavy atom. The lowest BCUT2D eigenvalue weighted by Crippen LogP contribution is -2.61. The van der Waals surface area contributed by atoms with Gasteiger partial charge in [0.25, 0.3) is 0 Å². The molecule has 0 bridgehead atoms. The van der Waals surface area contributed by atoms with Crippen molar-refractivity contribution in [3.8, 4) is 0 Å². The molecule has 2 aromatic heterocycles. The summed E-state index contributed by atoms with van der Waals surface area (Å²) in [5.41, 5.74) is 21.6. The first kappa shape index (κ1) is 64.5. The third kappa shape index (κ3) is 18.5. The number of hydrogen-bond donors (Lipinski definition) is 11. The molecule has 0 radical (unpaired) electrons. The molecule has 0 saturated carbocycles. The van der Waals surface area contributed by atoms with Gasteiger partial charge in [-0.05, 0) is 120 Å². The molecule has 2 fully saturated rings. The smallest absolute Gasteiger partial charge is 0.244 e. The van der Waals surface area contributed by atoms with Crippen LogP contribution in [-0.4, -0.2) is 135 Å². The SMILES string of the molecule is C[C@@H](C[C@@H]1NC(=O)[C@H](CCCCN)NC(=O)[C@@H](Cc2c[nH]c3ccccc23)NC(=O)[C@H](Cc2cccnc2)NC(=O)[C@H](NC(=O)[C@H](N)Cc2ccc(F)cc2)CSSC[C@@H](C(=O)N[C@@H](Cc2ccc3ccccc3c2)C(N)=O)NC1=O)C1CCCS1. The maximum atomic E-state index is 15.0. The summed E-state index contributed by atoms with van der Waals surface area (Å²) in [4.78, 5) is 124. The van der Waals surface area contributed by atoms with Crippen molar-refractivity contribution >= 4 is 102 Å². The van der Waals surface area contributed by atoms with Crippen LogP contribution in [0.25, 0.3) is 21.7 Å². The van der Waals surface area contributed by atoms with Crippen LogP contribution in [0.5, 0.6) is 0 Å². The van der Waals surface area contributed by atoms with E-state index in [0.717, 1.165) is 61.9 Å². The van der Waals surface area contributed by atoms with Crippen molar-refractivity contribution in [2.75, 3.05) is 23.8 Å². The Bertz CT molecular complexity index is 3320. The first-order valence-corrected chi connectivity index (χ1v) is 32.4. The van der Waals surface area contributed by atoms with Crippen LogP contribution in [0, 0.1) is 11.7 Å². The number of nitrogens with two attached hydrogens (primary N) is 3. The average Bonchev–Trinajstić information content (AvgIpc) is 4.34. The molecule has 14 N–H and O–H groups in total. The highest BCUT2D eigenvalue weighted by Crippen LogP contribution is 2.34. The second kappa shape index (κ2) is 31.8. The lowest BCUT2D eigenvalue weighted by molar-refractivity contribution is -0.135. The number of primary amides is 1. The number of pyridine rings is 1. The zero-order valence-corrected chi connectivity index (χ0v) is 50.2. The van der Waals surface area contributed by atoms with Gasteiger partial charge in [0.05, 0.1) is 6.04 Å². The Balaban J connectivity index is 1.16. The minimum absolute atomic E-state index is 0.0171. The topological polar surface area (TPSA) is 328 Å². The van der Waals surface area contributed by atoms with Gasteiger partial charge in [-0.3, -0.25) is 43.3 Å². The quantitative estimate of drug-likeness (QED) is 0.0383. The number of para-hydroxylation sites is 1. The number of unbranched alkanes of at least 4 members (excludes halogenated alkanes) is 1. The summed E-state index contributed by atoms with van der Waals surface area (Å²) in [6.07, 6.45) is 7.60. The molecule has 4 heterocycles. The molecule has 0 spiro atoms. The minimum atomic E-state index is -1.40. The van der Waals surface area contributed by atoms with Crippen molar-refractivity contribution in [1.29, 1.82) is 0 Å². The Kier molecular flexibility index (Phi) is 23.8. The molecule has 4 aromatic carbocycles. The van der Waals surface area contributed by atoms with Crippen molar-refractivity contribution in [2.45, 2.75) is 125 Å². The van der Waals surface area contributed by atoms with Gasteiger partial charge in [-0.25, -0.2) is 4.39 Å². The van der Waals surface area contributed by atoms with E-state index in [1.807, 2.05) is 73.7 Å². The van der Waals surface area contributed by atoms with Crippen LogP contribution in [-0.2, 0) is 64.0 Å². The number of nitrogens with zero attached hydrogens (tertiary/aromatic N) is 1. The highest BCUT2D eigenvalue weighted by molar-refractivity contribution is 8.76. The van der Waals surface area contributed by atoms with Crippen LogP contribution >= 0.6 is 33.3 Å². The zero-order valence-electron chi connectivity index (χ0n) is 47.8. The number of hydrogen-bond acceptors (Lipinski definition) is 14. The Labute approximate surface area is 511 Å². The van der Waals surface area contributed by atoms with E-state index in [-0.39, 0.29) is 61.2 Å². The normalized spacial score (nSPS) is 22.3. The van der Waals surface area contributed by atoms with Crippen molar-refractivity contribution in [2.24, 2.45) is 23.1 Å². The van der Waals surface area contributed by atoms with Gasteiger partial charge in [-0.1, -0.05) is 107 Å². The van der Waals surface area contributed by atoms with Gasteiger partial charge in [-0.2, -0.15) is 11.8 Å². The minimum Gasteiger partial charge on any atom is -0.368 e. The van der Waals surface area contributed by atoms with Crippen LogP contribution in [0.1, 0.15) is 67.7 Å². The number of H-pyrrole nitrogens is 1. The Morgan fingerprint density at radius 1 is 0.721 bits per heavy atom. The monoisotopic (exact) mass is 1230 g/mol. The molecule has 1 unspecified atom stereocenters. The maximum Gasteiger partial charge on any atom is 0.244 e. The average molecular weight is 1230 g/mol. The fraction of sp³-hybridized carbons (Fsp3) is 0.403. The van der Waals surface area contributed by atoms with Crippen LogP contribution in [0.15, 0.2) is 122 Å². The molecule has 8 amide bonds. The van der Waals surface area contributed by atoms with Crippen LogP contribution in [0.4, 0.5) is 4.39 Å². The number of nitrogens with one attached hydrogen (secondary N) is 8. The molecule has 2 aliphatic rings. The van der Waals surface area contributed by atoms with Gasteiger partial charge >= 0.3 is 0 Å². The van der Waals surface area contributed by atoms with Crippen molar-refractivity contribution in [1.82, 2.24) is 47.2 Å². The van der Waals surface area contributed by atoms with E-state index in [2.05, 4.69) is 47.2 Å². The van der Waals surface area contributed by atoms with E-state index < -0.39 is 101 Å². The van der Waals surface area contributed by atoms with E-state index in [1.54, 1.807) is 36.3 Å². The maximum absolute atomic E-state index is 15.0. The van der Waals surface area contributed by atoms with E-state index in [4.69, 9.17) is 17.2 Å². The number of thioether (sulfide) groups is 1. The zero-order chi connectivity index (χ0) is 61.1. The predicted molar refractivity (Wildman–Crippen MR) is 335 cm³/mol. The number of rotatable bonds is 20. The summed E-state index contributed by atoms with van der Waals surface area (Å²) < 4.78 is 13.9. The molecule has 456 valence electrons. The standard InChI is InChI=1S/C62H75FN12O8S3/c1-36(54-16-9-25-84-54)26-49-58(79)75-53(61(82)70-48(55(66)76)29-38-17-20-40-11-2-3-12-41(40)27-38)35-86-85-34-52(74-56(77)45(65)28-37-18-21-43(63)22-19-37)62(83)72-50(30-39-10-8-24-67-32-39)59(80)73-51(31-42-33-68-46-14-5-4-13-44(42)46)60(81)69-47(57(78)71-49)15-6-7-23-64/h2-5,8,10-14,17-22,24,27,32-33,36,45,47-54,68H,6-7,9,15-16,23,25-26,28-31,34-35,64-65H2,1H3,(H2,66,76)(H,69,81)(H,70,82)(H,71,78)(H,72,83)(H,73,80)(H,74,77)(H,75,79)/t36-,45+,47-,48-,49-,50-,51+,52+,53-,54?/m0/s1. The number of fused-ring (bicyclic) bond motifs is 2. The first-order chi connectivity index (χ1) is 41.5. The first-order valence-electron chi connectivity index (χ1n) is 28.9. The molecular weight excluding hydrogens is 1160 g/mol. The molecule has 24 heteroatoms. The summed E-state index contributed by atoms with van der Waals surface area (Å²) in [6.45, 7) is 2.29. The van der Waals surface area contributed by atoms with E-state index >= 15 is 9.59 Å². The van der Waals surface area contributed by atoms with Crippen LogP contribution < -0.4 is 54.4 Å². The number of amides is 8. The highest BCUT2D eigenvalue weighted by atomic mass is 33.1. The lowest BCUT2D eigenvalue weighted by Gasteiger charge is -2.30. The molecule has 86 heavy (non-hydrogen) atoms. The van der Waals surface area contributed by atoms with Gasteiger partial charge < -0.3 is 59.4 Å². The number of aromatic nitrogens is 2. The molecule has 20 nitrogen and oxygen atoms in total. The molecule has 6 aromatic rings. The van der Waals surface area contributed by atoms with E-state index in [9.17, 15) is 33.2 Å². The fourth-order valence-electron chi connectivity index (χ4n) is 10.6. The number of carbonyl (C=O) groups is 8. The van der Waals surface area contributed by atoms with Crippen molar-refractivity contribution < 1.29 is 42.7 Å². The van der Waals surface area contributed by atoms with Gasteiger partial charge in [0.15, 0.2) is 0 Å². The summed E-state index contributed by atoms with van der Waals surface area (Å²) in [7, 11) is 2.13. The molecule has 8 rings (SSSR count). The number of aromatic amines is 1. The summed E-state index contributed by atoms with van der Waals surface area (Å²) >= 11 is 1.78. The van der Waals surface area contributed by atoms with E-state index in [1.165, 1.54) is 30.5 Å². The van der Waals surface area contributed by atoms with Crippen LogP contribution in [0.2, 0.25) is 0 Å². The Hall–Kier alpha value is -7.51. The van der Waals surface area contributed by atoms with Crippen molar-refractivity contribution in [3.63, 3.8) is 0 Å². The molecule has 10 atom stereocenters. The molecular formula is C62H75FN12O8S3. The van der Waals surface area contributed by atoms with Crippen LogP contribution in [0.3, 0.4) is 0 Å². The molecule has 2 saturated heterocycles. The van der Waals surface area contributed by atoms with Gasteiger partial charge in [-0.15, -0.1) is 0 Å². The second-order valence-electron chi connectivity index (χ2n) is 21.9. The largest absolute Gasteiger partial charge is 0.368 e. The molecule has 2 aliphatic heterocycles. The number of halogens is 1. The second-order valence-corrected chi connectivity index (χ2v) is 25.8. The molecule has 0 aliphatic carbocycles. The van der Waals surface area contributed by atoms with Gasteiger partial charge in [0, 0.05) is 65.5 Å².